The van der Waals surface area contributed by atoms with Gasteiger partial charge in [0, 0.05) is 14.2 Å². The van der Waals surface area contributed by atoms with E-state index in [1.54, 1.807) is 0 Å². The fourth-order valence-corrected chi connectivity index (χ4v) is 8.97. The number of benzene rings is 5. The Bertz CT molecular complexity index is 1810. The summed E-state index contributed by atoms with van der Waals surface area (Å²) >= 11 is 7.72. The van der Waals surface area contributed by atoms with Crippen LogP contribution >= 0.6 is 39.8 Å². The van der Waals surface area contributed by atoms with Crippen molar-refractivity contribution in [3.05, 3.63) is 148 Å². The first kappa shape index (κ1) is 34.4. The van der Waals surface area contributed by atoms with Gasteiger partial charge in [0.2, 0.25) is 0 Å². The molecule has 44 heavy (non-hydrogen) atoms. The van der Waals surface area contributed by atoms with Gasteiger partial charge in [0.15, 0.2) is 0 Å². The molecule has 0 fully saturated rings. The van der Waals surface area contributed by atoms with Crippen molar-refractivity contribution in [1.82, 2.24) is 0 Å². The van der Waals surface area contributed by atoms with Crippen molar-refractivity contribution in [3.8, 4) is 22.3 Å². The number of halogens is 2. The smallest absolute Gasteiger partial charge is 0.400 e. The maximum absolute atomic E-state index is 7.00. The van der Waals surface area contributed by atoms with E-state index in [4.69, 9.17) is 10.2 Å². The minimum atomic E-state index is -0.823. The van der Waals surface area contributed by atoms with Crippen molar-refractivity contribution in [3.63, 3.8) is 0 Å². The van der Waals surface area contributed by atoms with Crippen molar-refractivity contribution in [2.45, 2.75) is 0 Å². The van der Waals surface area contributed by atoms with Crippen LogP contribution in [0.3, 0.4) is 0 Å². The molecule has 0 atom stereocenters. The monoisotopic (exact) mass is 798 g/mol. The molecule has 6 heteroatoms. The summed E-state index contributed by atoms with van der Waals surface area (Å²) in [5.74, 6) is 0. The van der Waals surface area contributed by atoms with Crippen LogP contribution in [0.25, 0.3) is 43.8 Å². The van der Waals surface area contributed by atoms with Gasteiger partial charge in [-0.1, -0.05) is 126 Å². The molecule has 7 rings (SSSR count). The second-order valence-corrected chi connectivity index (χ2v) is 13.5. The van der Waals surface area contributed by atoms with Gasteiger partial charge in [-0.25, -0.2) is 0 Å². The molecule has 0 radical (unpaired) electrons. The van der Waals surface area contributed by atoms with E-state index in [0.29, 0.717) is 0 Å². The Morgan fingerprint density at radius 2 is 0.864 bits per heavy atom. The van der Waals surface area contributed by atoms with Crippen molar-refractivity contribution in [2.75, 3.05) is 14.2 Å². The van der Waals surface area contributed by atoms with Crippen LogP contribution < -0.4 is 15.9 Å². The molecule has 0 amide bonds. The molecule has 0 spiro atoms. The number of rotatable bonds is 5. The molecular weight excluding hydrogens is 770 g/mol. The average molecular weight is 802 g/mol. The zero-order valence-corrected chi connectivity index (χ0v) is 30.9. The molecule has 0 bridgehead atoms. The van der Waals surface area contributed by atoms with Gasteiger partial charge in [0.1, 0.15) is 0 Å². The zero-order valence-electron chi connectivity index (χ0n) is 24.4. The van der Waals surface area contributed by atoms with Gasteiger partial charge in [-0.3, -0.25) is 0 Å². The number of aliphatic hydroxyl groups is 2. The summed E-state index contributed by atoms with van der Waals surface area (Å²) in [6.07, 6.45) is 0. The predicted molar refractivity (Wildman–Crippen MR) is 194 cm³/mol. The fourth-order valence-electron chi connectivity index (χ4n) is 5.47. The molecule has 0 saturated heterocycles. The van der Waals surface area contributed by atoms with E-state index >= 15 is 0 Å². The van der Waals surface area contributed by atoms with Gasteiger partial charge >= 0.3 is 26.2 Å². The van der Waals surface area contributed by atoms with Crippen molar-refractivity contribution in [1.29, 1.82) is 0 Å². The Hall–Kier alpha value is -2.49. The SMILES string of the molecule is Brc1ccc(P(c2ccccc2)c2ccc(Br)c3[cH-]c(-c4ccccc4)cc23)c2cc(-c3ccccc3)[cH-]c12.CO.CO.[Zr+2]. The third-order valence-corrected chi connectivity index (χ3v) is 11.3. The molecule has 0 aliphatic carbocycles. The average Bonchev–Trinajstić information content (AvgIpc) is 3.74. The third kappa shape index (κ3) is 7.00. The normalized spacial score (nSPS) is 10.5. The van der Waals surface area contributed by atoms with Crippen molar-refractivity contribution in [2.24, 2.45) is 0 Å². The van der Waals surface area contributed by atoms with Crippen LogP contribution in [-0.2, 0) is 26.2 Å². The molecule has 0 aromatic heterocycles. The summed E-state index contributed by atoms with van der Waals surface area (Å²) in [6.45, 7) is 0. The van der Waals surface area contributed by atoms with Crippen LogP contribution in [-0.4, -0.2) is 24.4 Å². The molecule has 0 aliphatic rings. The molecular formula is C38H31Br2O2PZr. The van der Waals surface area contributed by atoms with E-state index in [1.807, 2.05) is 0 Å². The molecule has 0 saturated carbocycles. The van der Waals surface area contributed by atoms with E-state index < -0.39 is 7.92 Å². The summed E-state index contributed by atoms with van der Waals surface area (Å²) in [5, 5.41) is 23.2. The van der Waals surface area contributed by atoms with Crippen LogP contribution in [0.15, 0.2) is 148 Å². The summed E-state index contributed by atoms with van der Waals surface area (Å²) in [7, 11) is 1.18. The summed E-state index contributed by atoms with van der Waals surface area (Å²) < 4.78 is 2.26. The summed E-state index contributed by atoms with van der Waals surface area (Å²) in [6, 6.07) is 50.9. The fraction of sp³-hybridized carbons (Fsp3) is 0.0526. The van der Waals surface area contributed by atoms with Gasteiger partial charge in [-0.15, -0.1) is 88.8 Å². The van der Waals surface area contributed by atoms with E-state index in [2.05, 4.69) is 171 Å². The third-order valence-electron chi connectivity index (χ3n) is 7.33. The second-order valence-electron chi connectivity index (χ2n) is 9.68. The molecule has 7 aromatic rings. The Morgan fingerprint density at radius 1 is 0.500 bits per heavy atom. The summed E-state index contributed by atoms with van der Waals surface area (Å²) in [5.41, 5.74) is 4.99. The number of hydrogen-bond donors (Lipinski definition) is 2. The maximum Gasteiger partial charge on any atom is 2.00 e. The molecule has 0 unspecified atom stereocenters. The van der Waals surface area contributed by atoms with Gasteiger partial charge < -0.3 is 10.2 Å². The van der Waals surface area contributed by atoms with Crippen molar-refractivity contribution < 1.29 is 36.4 Å². The number of hydrogen-bond acceptors (Lipinski definition) is 2. The van der Waals surface area contributed by atoms with Gasteiger partial charge in [-0.2, -0.15) is 0 Å². The minimum Gasteiger partial charge on any atom is -0.400 e. The van der Waals surface area contributed by atoms with Crippen LogP contribution in [0.2, 0.25) is 0 Å². The zero-order chi connectivity index (χ0) is 30.3. The van der Waals surface area contributed by atoms with E-state index in [-0.39, 0.29) is 26.2 Å². The van der Waals surface area contributed by atoms with Gasteiger partial charge in [-0.05, 0) is 32.8 Å². The summed E-state index contributed by atoms with van der Waals surface area (Å²) in [4.78, 5) is 0. The van der Waals surface area contributed by atoms with Crippen LogP contribution in [0.4, 0.5) is 0 Å². The molecule has 0 heterocycles. The molecule has 0 aliphatic heterocycles. The second kappa shape index (κ2) is 16.2. The topological polar surface area (TPSA) is 40.5 Å². The number of aliphatic hydroxyl groups excluding tert-OH is 2. The minimum absolute atomic E-state index is 0. The quantitative estimate of drug-likeness (QED) is 0.135. The predicted octanol–water partition coefficient (Wildman–Crippen LogP) is 9.26. The first-order chi connectivity index (χ1) is 21.2. The van der Waals surface area contributed by atoms with E-state index in [9.17, 15) is 0 Å². The van der Waals surface area contributed by atoms with Gasteiger partial charge in [0.25, 0.3) is 0 Å². The van der Waals surface area contributed by atoms with Crippen LogP contribution in [0.1, 0.15) is 0 Å². The van der Waals surface area contributed by atoms with Gasteiger partial charge in [0.05, 0.1) is 0 Å². The Balaban J connectivity index is 0.000000850. The van der Waals surface area contributed by atoms with Crippen LogP contribution in [0, 0.1) is 0 Å². The first-order valence-electron chi connectivity index (χ1n) is 13.8. The van der Waals surface area contributed by atoms with Crippen molar-refractivity contribution >= 4 is 77.2 Å². The Labute approximate surface area is 296 Å². The molecule has 2 nitrogen and oxygen atoms in total. The van der Waals surface area contributed by atoms with E-state index in [0.717, 1.165) is 23.2 Å². The molecule has 218 valence electrons. The first-order valence-corrected chi connectivity index (χ1v) is 16.7. The Morgan fingerprint density at radius 3 is 1.25 bits per heavy atom. The van der Waals surface area contributed by atoms with E-state index in [1.165, 1.54) is 59.7 Å². The largest absolute Gasteiger partial charge is 2.00 e. The molecule has 2 N–H and O–H groups in total. The molecule has 7 aromatic carbocycles. The maximum atomic E-state index is 7.00. The Kier molecular flexibility index (Phi) is 12.6. The number of fused-ring (bicyclic) bond motifs is 2. The van der Waals surface area contributed by atoms with Crippen LogP contribution in [0.5, 0.6) is 0 Å². The standard InChI is InChI=1S/C36H23Br2P.2CH4O.Zr/c37-33-16-18-35(31-22-26(20-29(31)33)24-10-4-1-5-11-24)39(28-14-8-3-9-15-28)36-19-17-34(38)30-21-27(23-32(30)36)25-12-6-2-7-13-25;2*1-2;/h1-23H;2*2H,1H3;/q-2;;;+2.